The zero-order chi connectivity index (χ0) is 32.2. The number of ether oxygens (including phenoxy) is 4. The number of nitrogens with zero attached hydrogens (tertiary/aromatic N) is 2. The van der Waals surface area contributed by atoms with Gasteiger partial charge in [-0.1, -0.05) is 41.5 Å². The Morgan fingerprint density at radius 1 is 0.818 bits per heavy atom. The summed E-state index contributed by atoms with van der Waals surface area (Å²) in [7, 11) is 0. The van der Waals surface area contributed by atoms with E-state index in [0.717, 1.165) is 12.0 Å². The predicted octanol–water partition coefficient (Wildman–Crippen LogP) is 7.57. The van der Waals surface area contributed by atoms with Gasteiger partial charge in [0, 0.05) is 6.21 Å². The molecular formula is C36H42N2O6. The molecule has 0 aliphatic heterocycles. The number of benzene rings is 3. The van der Waals surface area contributed by atoms with E-state index in [9.17, 15) is 9.59 Å². The summed E-state index contributed by atoms with van der Waals surface area (Å²) < 4.78 is 22.2. The number of esters is 2. The lowest BCUT2D eigenvalue weighted by Gasteiger charge is -2.33. The fourth-order valence-electron chi connectivity index (χ4n) is 4.22. The van der Waals surface area contributed by atoms with Gasteiger partial charge in [-0.3, -0.25) is 9.79 Å². The van der Waals surface area contributed by atoms with Gasteiger partial charge in [-0.2, -0.15) is 5.26 Å². The zero-order valence-electron chi connectivity index (χ0n) is 26.5. The van der Waals surface area contributed by atoms with E-state index in [1.54, 1.807) is 54.7 Å². The van der Waals surface area contributed by atoms with Crippen molar-refractivity contribution >= 4 is 23.8 Å². The Hall–Kier alpha value is -4.48. The molecule has 0 N–H and O–H groups in total. The largest absolute Gasteiger partial charge is 0.491 e. The number of aliphatic imine (C=N–C) groups is 1. The highest BCUT2D eigenvalue weighted by Crippen LogP contribution is 2.36. The van der Waals surface area contributed by atoms with Crippen LogP contribution in [-0.2, 0) is 14.3 Å². The topological polar surface area (TPSA) is 107 Å². The Labute approximate surface area is 260 Å². The van der Waals surface area contributed by atoms with Gasteiger partial charge in [0.2, 0.25) is 0 Å². The number of nitriles is 1. The molecule has 8 heteroatoms. The quantitative estimate of drug-likeness (QED) is 0.0864. The lowest BCUT2D eigenvalue weighted by molar-refractivity contribution is -0.155. The Morgan fingerprint density at radius 3 is 2.02 bits per heavy atom. The molecule has 0 aliphatic rings. The Kier molecular flexibility index (Phi) is 12.2. The zero-order valence-corrected chi connectivity index (χ0v) is 26.5. The average Bonchev–Trinajstić information content (AvgIpc) is 2.98. The minimum atomic E-state index is -0.490. The minimum Gasteiger partial charge on any atom is -0.491 e. The molecule has 0 radical (unpaired) electrons. The lowest BCUT2D eigenvalue weighted by Crippen LogP contribution is -2.34. The van der Waals surface area contributed by atoms with Crippen molar-refractivity contribution in [2.75, 3.05) is 26.4 Å². The SMILES string of the molecule is CC(C)(C)CC(C(=O)OCCOCCOc1ccc(C=Nc2ccc(C(=O)Oc3ccc(C#N)cc3)cc2)cc1)C(C)(C)C. The van der Waals surface area contributed by atoms with Crippen molar-refractivity contribution in [3.8, 4) is 17.6 Å². The van der Waals surface area contributed by atoms with Gasteiger partial charge in [0.05, 0.1) is 42.0 Å². The molecule has 1 unspecified atom stereocenters. The maximum absolute atomic E-state index is 12.7. The first kappa shape index (κ1) is 34.0. The molecule has 0 fully saturated rings. The maximum atomic E-state index is 12.7. The van der Waals surface area contributed by atoms with Crippen molar-refractivity contribution in [3.05, 3.63) is 89.5 Å². The number of hydrogen-bond acceptors (Lipinski definition) is 8. The van der Waals surface area contributed by atoms with E-state index in [2.05, 4.69) is 46.5 Å². The summed E-state index contributed by atoms with van der Waals surface area (Å²) in [5.41, 5.74) is 2.33. The molecular weight excluding hydrogens is 556 g/mol. The van der Waals surface area contributed by atoms with Crippen molar-refractivity contribution < 1.29 is 28.5 Å². The van der Waals surface area contributed by atoms with Gasteiger partial charge in [0.25, 0.3) is 0 Å². The third-order valence-electron chi connectivity index (χ3n) is 6.65. The molecule has 0 spiro atoms. The molecule has 3 aromatic carbocycles. The average molecular weight is 599 g/mol. The summed E-state index contributed by atoms with van der Waals surface area (Å²) in [6, 6.07) is 22.6. The molecule has 0 saturated carbocycles. The van der Waals surface area contributed by atoms with Crippen LogP contribution in [0.1, 0.15) is 69.4 Å². The van der Waals surface area contributed by atoms with E-state index in [1.165, 1.54) is 0 Å². The molecule has 0 aliphatic carbocycles. The molecule has 3 aromatic rings. The summed E-state index contributed by atoms with van der Waals surface area (Å²) in [5, 5.41) is 8.87. The van der Waals surface area contributed by atoms with Crippen LogP contribution >= 0.6 is 0 Å². The van der Waals surface area contributed by atoms with Gasteiger partial charge in [0.1, 0.15) is 24.7 Å². The van der Waals surface area contributed by atoms with Gasteiger partial charge < -0.3 is 18.9 Å². The molecule has 0 amide bonds. The molecule has 0 heterocycles. The van der Waals surface area contributed by atoms with Gasteiger partial charge >= 0.3 is 11.9 Å². The highest BCUT2D eigenvalue weighted by Gasteiger charge is 2.35. The highest BCUT2D eigenvalue weighted by molar-refractivity contribution is 5.91. The maximum Gasteiger partial charge on any atom is 0.343 e. The van der Waals surface area contributed by atoms with Crippen molar-refractivity contribution in [1.82, 2.24) is 0 Å². The minimum absolute atomic E-state index is 0.0388. The Bertz CT molecular complexity index is 1420. The summed E-state index contributed by atoms with van der Waals surface area (Å²) >= 11 is 0. The predicted molar refractivity (Wildman–Crippen MR) is 171 cm³/mol. The second-order valence-electron chi connectivity index (χ2n) is 12.7. The van der Waals surface area contributed by atoms with E-state index < -0.39 is 5.97 Å². The second kappa shape index (κ2) is 15.8. The second-order valence-corrected chi connectivity index (χ2v) is 12.7. The van der Waals surface area contributed by atoms with E-state index in [4.69, 9.17) is 24.2 Å². The fourth-order valence-corrected chi connectivity index (χ4v) is 4.22. The first-order chi connectivity index (χ1) is 20.8. The smallest absolute Gasteiger partial charge is 0.343 e. The molecule has 0 bridgehead atoms. The monoisotopic (exact) mass is 598 g/mol. The van der Waals surface area contributed by atoms with Crippen LogP contribution in [0.2, 0.25) is 0 Å². The van der Waals surface area contributed by atoms with Crippen molar-refractivity contribution in [2.45, 2.75) is 48.0 Å². The van der Waals surface area contributed by atoms with Gasteiger partial charge in [-0.05, 0) is 95.6 Å². The molecule has 3 rings (SSSR count). The number of rotatable bonds is 13. The number of carbonyl (C=O) groups excluding carboxylic acids is 2. The fraction of sp³-hybridized carbons (Fsp3) is 0.389. The molecule has 232 valence electrons. The number of carbonyl (C=O) groups is 2. The molecule has 1 atom stereocenters. The van der Waals surface area contributed by atoms with Crippen molar-refractivity contribution in [1.29, 1.82) is 5.26 Å². The summed E-state index contributed by atoms with van der Waals surface area (Å²) in [5.74, 6) is 0.244. The molecule has 0 aromatic heterocycles. The van der Waals surface area contributed by atoms with Crippen LogP contribution in [0.5, 0.6) is 11.5 Å². The standard InChI is InChI=1S/C36H42N2O6/c1-35(2,3)23-32(36(4,5)6)34(40)43-22-20-41-19-21-42-30-15-9-27(10-16-30)25-38-29-13-11-28(12-14-29)33(39)44-31-17-7-26(24-37)8-18-31/h7-18,25,32H,19-23H2,1-6H3. The van der Waals surface area contributed by atoms with Crippen LogP contribution in [0.4, 0.5) is 5.69 Å². The summed E-state index contributed by atoms with van der Waals surface area (Å²) in [4.78, 5) is 29.5. The highest BCUT2D eigenvalue weighted by atomic mass is 16.6. The molecule has 0 saturated heterocycles. The van der Waals surface area contributed by atoms with Gasteiger partial charge in [0.15, 0.2) is 0 Å². The third-order valence-corrected chi connectivity index (χ3v) is 6.65. The number of hydrogen-bond donors (Lipinski definition) is 0. The van der Waals surface area contributed by atoms with Crippen LogP contribution in [0.25, 0.3) is 0 Å². The molecule has 44 heavy (non-hydrogen) atoms. The van der Waals surface area contributed by atoms with Crippen LogP contribution in [0, 0.1) is 28.1 Å². The Balaban J connectivity index is 1.36. The van der Waals surface area contributed by atoms with E-state index in [-0.39, 0.29) is 29.3 Å². The third kappa shape index (κ3) is 11.7. The van der Waals surface area contributed by atoms with Crippen LogP contribution in [0.15, 0.2) is 77.8 Å². The summed E-state index contributed by atoms with van der Waals surface area (Å²) in [6.07, 6.45) is 2.49. The first-order valence-corrected chi connectivity index (χ1v) is 14.7. The van der Waals surface area contributed by atoms with Gasteiger partial charge in [-0.25, -0.2) is 4.79 Å². The van der Waals surface area contributed by atoms with Crippen molar-refractivity contribution in [2.24, 2.45) is 21.7 Å². The van der Waals surface area contributed by atoms with E-state index in [1.807, 2.05) is 30.3 Å². The van der Waals surface area contributed by atoms with E-state index >= 15 is 0 Å². The lowest BCUT2D eigenvalue weighted by atomic mass is 9.72. The van der Waals surface area contributed by atoms with Gasteiger partial charge in [-0.15, -0.1) is 0 Å². The van der Waals surface area contributed by atoms with Crippen LogP contribution in [0.3, 0.4) is 0 Å². The summed E-state index contributed by atoms with van der Waals surface area (Å²) in [6.45, 7) is 13.9. The molecule has 8 nitrogen and oxygen atoms in total. The normalized spacial score (nSPS) is 12.4. The van der Waals surface area contributed by atoms with Crippen LogP contribution in [-0.4, -0.2) is 44.6 Å². The van der Waals surface area contributed by atoms with Crippen molar-refractivity contribution in [3.63, 3.8) is 0 Å². The Morgan fingerprint density at radius 2 is 1.43 bits per heavy atom. The van der Waals surface area contributed by atoms with E-state index in [0.29, 0.717) is 48.1 Å². The van der Waals surface area contributed by atoms with Crippen LogP contribution < -0.4 is 9.47 Å². The first-order valence-electron chi connectivity index (χ1n) is 14.7.